The van der Waals surface area contributed by atoms with E-state index in [0.29, 0.717) is 12.0 Å². The Hall–Kier alpha value is -1.85. The molecule has 0 spiro atoms. The number of hydrogen-bond acceptors (Lipinski definition) is 4. The molecule has 2 N–H and O–H groups in total. The van der Waals surface area contributed by atoms with E-state index in [1.165, 1.54) is 24.3 Å². The second-order valence-electron chi connectivity index (χ2n) is 6.10. The van der Waals surface area contributed by atoms with E-state index in [9.17, 15) is 9.90 Å². The van der Waals surface area contributed by atoms with E-state index in [1.807, 2.05) is 24.3 Å². The van der Waals surface area contributed by atoms with Gasteiger partial charge in [-0.25, -0.2) is 0 Å². The molecule has 1 aromatic heterocycles. The fourth-order valence-corrected chi connectivity index (χ4v) is 4.34. The fourth-order valence-electron chi connectivity index (χ4n) is 3.43. The topological polar surface area (TPSA) is 52.6 Å². The van der Waals surface area contributed by atoms with Crippen LogP contribution in [-0.4, -0.2) is 41.6 Å². The van der Waals surface area contributed by atoms with Crippen molar-refractivity contribution in [2.24, 2.45) is 5.92 Å². The maximum Gasteiger partial charge on any atom is 0.261 e. The molecule has 114 valence electrons. The third-order valence-corrected chi connectivity index (χ3v) is 5.76. The Morgan fingerprint density at radius 2 is 2.00 bits per heavy atom. The van der Waals surface area contributed by atoms with E-state index < -0.39 is 0 Å². The molecule has 0 radical (unpaired) electrons. The lowest BCUT2D eigenvalue weighted by Crippen LogP contribution is -2.42. The average molecular weight is 314 g/mol. The molecule has 2 fully saturated rings. The van der Waals surface area contributed by atoms with E-state index in [1.54, 1.807) is 12.1 Å². The summed E-state index contributed by atoms with van der Waals surface area (Å²) in [5.41, 5.74) is 1.02. The molecule has 5 heteroatoms. The van der Waals surface area contributed by atoms with Crippen molar-refractivity contribution in [1.29, 1.82) is 0 Å². The van der Waals surface area contributed by atoms with E-state index in [-0.39, 0.29) is 11.7 Å². The number of phenolic OH excluding ortho intramolecular Hbond substituents is 1. The summed E-state index contributed by atoms with van der Waals surface area (Å²) < 4.78 is 0. The molecule has 2 aliphatic rings. The Morgan fingerprint density at radius 3 is 2.68 bits per heavy atom. The van der Waals surface area contributed by atoms with Crippen LogP contribution in [0.2, 0.25) is 0 Å². The Kier molecular flexibility index (Phi) is 3.39. The molecule has 3 heterocycles. The van der Waals surface area contributed by atoms with Crippen LogP contribution in [0.25, 0.3) is 10.4 Å². The number of piperidine rings is 1. The zero-order valence-electron chi connectivity index (χ0n) is 12.2. The number of benzene rings is 1. The number of carbonyl (C=O) groups is 1. The molecule has 4 nitrogen and oxygen atoms in total. The highest BCUT2D eigenvalue weighted by molar-refractivity contribution is 7.17. The number of nitrogens with one attached hydrogen (secondary N) is 1. The molecule has 1 amide bonds. The van der Waals surface area contributed by atoms with Gasteiger partial charge in [0.1, 0.15) is 5.75 Å². The molecule has 2 aliphatic heterocycles. The SMILES string of the molecule is O=C(NC1CN2CC[C@H]1C2)c1ccc(-c2ccc(O)cc2)s1. The van der Waals surface area contributed by atoms with Crippen LogP contribution in [0, 0.1) is 5.92 Å². The van der Waals surface area contributed by atoms with Gasteiger partial charge in [-0.3, -0.25) is 4.79 Å². The van der Waals surface area contributed by atoms with E-state index >= 15 is 0 Å². The second-order valence-corrected chi connectivity index (χ2v) is 7.18. The van der Waals surface area contributed by atoms with Gasteiger partial charge in [-0.15, -0.1) is 11.3 Å². The number of aromatic hydroxyl groups is 1. The Morgan fingerprint density at radius 1 is 1.18 bits per heavy atom. The summed E-state index contributed by atoms with van der Waals surface area (Å²) in [6.07, 6.45) is 1.20. The maximum atomic E-state index is 12.4. The second kappa shape index (κ2) is 5.41. The summed E-state index contributed by atoms with van der Waals surface area (Å²) in [6.45, 7) is 3.31. The van der Waals surface area contributed by atoms with Gasteiger partial charge in [-0.1, -0.05) is 0 Å². The number of carbonyl (C=O) groups excluding carboxylic acids is 1. The van der Waals surface area contributed by atoms with Crippen molar-refractivity contribution in [3.8, 4) is 16.2 Å². The van der Waals surface area contributed by atoms with Crippen LogP contribution in [-0.2, 0) is 0 Å². The molecule has 2 bridgehead atoms. The lowest BCUT2D eigenvalue weighted by atomic mass is 10.00. The van der Waals surface area contributed by atoms with Crippen LogP contribution >= 0.6 is 11.3 Å². The number of thiophene rings is 1. The summed E-state index contributed by atoms with van der Waals surface area (Å²) >= 11 is 1.50. The molecule has 2 aromatic rings. The lowest BCUT2D eigenvalue weighted by molar-refractivity contribution is 0.0928. The summed E-state index contributed by atoms with van der Waals surface area (Å²) in [5, 5.41) is 12.5. The number of hydrogen-bond donors (Lipinski definition) is 2. The van der Waals surface area contributed by atoms with Crippen molar-refractivity contribution < 1.29 is 9.90 Å². The standard InChI is InChI=1S/C17H18N2O2S/c20-13-3-1-11(2-4-13)15-5-6-16(22-15)17(21)18-14-10-19-8-7-12(14)9-19/h1-6,12,14,20H,7-10H2,(H,18,21)/t12-,14?/m0/s1. The van der Waals surface area contributed by atoms with Crippen LogP contribution in [0.15, 0.2) is 36.4 Å². The normalized spacial score (nSPS) is 26.3. The van der Waals surface area contributed by atoms with Crippen molar-refractivity contribution in [1.82, 2.24) is 10.2 Å². The van der Waals surface area contributed by atoms with Crippen LogP contribution in [0.5, 0.6) is 5.75 Å². The summed E-state index contributed by atoms with van der Waals surface area (Å²) in [6, 6.07) is 11.2. The molecular formula is C17H18N2O2S. The van der Waals surface area contributed by atoms with Crippen molar-refractivity contribution in [2.45, 2.75) is 12.5 Å². The monoisotopic (exact) mass is 314 g/mol. The smallest absolute Gasteiger partial charge is 0.261 e. The van der Waals surface area contributed by atoms with Crippen molar-refractivity contribution in [2.75, 3.05) is 19.6 Å². The van der Waals surface area contributed by atoms with E-state index in [4.69, 9.17) is 0 Å². The first-order chi connectivity index (χ1) is 10.7. The van der Waals surface area contributed by atoms with Gasteiger partial charge < -0.3 is 15.3 Å². The molecular weight excluding hydrogens is 296 g/mol. The van der Waals surface area contributed by atoms with Crippen LogP contribution in [0.1, 0.15) is 16.1 Å². The third-order valence-electron chi connectivity index (χ3n) is 4.63. The highest BCUT2D eigenvalue weighted by Crippen LogP contribution is 2.31. The first-order valence-electron chi connectivity index (χ1n) is 7.61. The van der Waals surface area contributed by atoms with Gasteiger partial charge in [0.15, 0.2) is 0 Å². The summed E-state index contributed by atoms with van der Waals surface area (Å²) in [7, 11) is 0. The minimum Gasteiger partial charge on any atom is -0.508 e. The summed E-state index contributed by atoms with van der Waals surface area (Å²) in [4.78, 5) is 16.6. The lowest BCUT2D eigenvalue weighted by Gasteiger charge is -2.22. The number of rotatable bonds is 3. The van der Waals surface area contributed by atoms with Gasteiger partial charge >= 0.3 is 0 Å². The predicted octanol–water partition coefficient (Wildman–Crippen LogP) is 2.55. The maximum absolute atomic E-state index is 12.4. The van der Waals surface area contributed by atoms with Crippen LogP contribution < -0.4 is 5.32 Å². The number of phenols is 1. The Bertz CT molecular complexity index is 695. The number of nitrogens with zero attached hydrogens (tertiary/aromatic N) is 1. The van der Waals surface area contributed by atoms with Gasteiger partial charge in [0, 0.05) is 24.0 Å². The first kappa shape index (κ1) is 13.8. The minimum absolute atomic E-state index is 0.0359. The average Bonchev–Trinajstić information content (AvgIpc) is 3.24. The van der Waals surface area contributed by atoms with Crippen molar-refractivity contribution in [3.63, 3.8) is 0 Å². The molecule has 2 saturated heterocycles. The van der Waals surface area contributed by atoms with Crippen LogP contribution in [0.3, 0.4) is 0 Å². The largest absolute Gasteiger partial charge is 0.508 e. The number of amides is 1. The highest BCUT2D eigenvalue weighted by atomic mass is 32.1. The summed E-state index contributed by atoms with van der Waals surface area (Å²) in [5.74, 6) is 0.916. The molecule has 0 aliphatic carbocycles. The Balaban J connectivity index is 1.46. The molecule has 4 rings (SSSR count). The quantitative estimate of drug-likeness (QED) is 0.915. The molecule has 3 atom stereocenters. The van der Waals surface area contributed by atoms with Gasteiger partial charge in [0.2, 0.25) is 0 Å². The molecule has 1 aromatic carbocycles. The molecule has 22 heavy (non-hydrogen) atoms. The zero-order valence-corrected chi connectivity index (χ0v) is 13.0. The van der Waals surface area contributed by atoms with Gasteiger partial charge in [-0.05, 0) is 60.8 Å². The van der Waals surface area contributed by atoms with Crippen LogP contribution in [0.4, 0.5) is 0 Å². The zero-order chi connectivity index (χ0) is 15.1. The van der Waals surface area contributed by atoms with Crippen molar-refractivity contribution >= 4 is 17.2 Å². The van der Waals surface area contributed by atoms with Gasteiger partial charge in [0.25, 0.3) is 5.91 Å². The molecule has 2 unspecified atom stereocenters. The van der Waals surface area contributed by atoms with E-state index in [2.05, 4.69) is 10.2 Å². The Labute approximate surface area is 133 Å². The van der Waals surface area contributed by atoms with Gasteiger partial charge in [-0.2, -0.15) is 0 Å². The molecule has 0 saturated carbocycles. The number of fused-ring (bicyclic) bond motifs is 2. The fraction of sp³-hybridized carbons (Fsp3) is 0.353. The minimum atomic E-state index is 0.0359. The highest BCUT2D eigenvalue weighted by Gasteiger charge is 2.38. The predicted molar refractivity (Wildman–Crippen MR) is 87.2 cm³/mol. The first-order valence-corrected chi connectivity index (χ1v) is 8.43. The van der Waals surface area contributed by atoms with E-state index in [0.717, 1.165) is 28.4 Å². The third kappa shape index (κ3) is 2.51. The van der Waals surface area contributed by atoms with Gasteiger partial charge in [0.05, 0.1) is 4.88 Å². The van der Waals surface area contributed by atoms with Crippen molar-refractivity contribution in [3.05, 3.63) is 41.3 Å².